The summed E-state index contributed by atoms with van der Waals surface area (Å²) in [6.45, 7) is -1.61. The largest absolute Gasteiger partial charge is 0.377 e. The Morgan fingerprint density at radius 1 is 1.41 bits per heavy atom. The Bertz CT molecular complexity index is 423. The summed E-state index contributed by atoms with van der Waals surface area (Å²) in [5.74, 6) is -4.73. The van der Waals surface area contributed by atoms with Gasteiger partial charge < -0.3 is 16.8 Å². The number of hydrogen-bond donors (Lipinski definition) is 3. The lowest BCUT2D eigenvalue weighted by molar-refractivity contribution is 0.0253. The molecule has 0 saturated heterocycles. The quantitative estimate of drug-likeness (QED) is 0.724. The molecule has 4 nitrogen and oxygen atoms in total. The number of benzene rings is 1. The van der Waals surface area contributed by atoms with E-state index in [9.17, 15) is 18.0 Å². The maximum atomic E-state index is 13.3. The highest BCUT2D eigenvalue weighted by molar-refractivity contribution is 5.93. The van der Waals surface area contributed by atoms with Gasteiger partial charge in [-0.25, -0.2) is 13.2 Å². The minimum Gasteiger partial charge on any atom is -0.377 e. The molecule has 94 valence electrons. The minimum absolute atomic E-state index is 0.0290. The number of hydrogen-bond acceptors (Lipinski definition) is 3. The van der Waals surface area contributed by atoms with Crippen LogP contribution in [0.2, 0.25) is 0 Å². The van der Waals surface area contributed by atoms with Gasteiger partial charge in [-0.3, -0.25) is 4.79 Å². The van der Waals surface area contributed by atoms with Gasteiger partial charge in [0.05, 0.1) is 18.8 Å². The fourth-order valence-corrected chi connectivity index (χ4v) is 1.11. The van der Waals surface area contributed by atoms with Crippen LogP contribution in [0.3, 0.4) is 0 Å². The van der Waals surface area contributed by atoms with Crippen molar-refractivity contribution in [3.8, 4) is 0 Å². The number of primary amides is 1. The maximum absolute atomic E-state index is 13.3. The van der Waals surface area contributed by atoms with Crippen LogP contribution in [0.1, 0.15) is 10.4 Å². The standard InChI is InChI=1S/C10H12F3N3O/c11-7-3-6(9(15)17)1-2-8(7)16-5-10(12,13)4-14/h1-3,16H,4-5,14H2,(H2,15,17). The molecule has 1 rings (SSSR count). The molecule has 0 aliphatic carbocycles. The number of anilines is 1. The Morgan fingerprint density at radius 2 is 2.06 bits per heavy atom. The van der Waals surface area contributed by atoms with Crippen LogP contribution in [0.5, 0.6) is 0 Å². The first kappa shape index (κ1) is 13.3. The topological polar surface area (TPSA) is 81.1 Å². The van der Waals surface area contributed by atoms with E-state index in [1.807, 2.05) is 0 Å². The number of halogens is 3. The van der Waals surface area contributed by atoms with Crippen LogP contribution in [0.25, 0.3) is 0 Å². The van der Waals surface area contributed by atoms with Crippen LogP contribution < -0.4 is 16.8 Å². The van der Waals surface area contributed by atoms with Gasteiger partial charge in [-0.15, -0.1) is 0 Å². The zero-order valence-electron chi connectivity index (χ0n) is 8.84. The van der Waals surface area contributed by atoms with Crippen molar-refractivity contribution < 1.29 is 18.0 Å². The van der Waals surface area contributed by atoms with Gasteiger partial charge >= 0.3 is 0 Å². The summed E-state index contributed by atoms with van der Waals surface area (Å²) < 4.78 is 38.9. The molecule has 0 saturated carbocycles. The molecule has 7 heteroatoms. The highest BCUT2D eigenvalue weighted by Crippen LogP contribution is 2.18. The summed E-state index contributed by atoms with van der Waals surface area (Å²) in [6, 6.07) is 3.29. The first-order valence-electron chi connectivity index (χ1n) is 4.77. The molecule has 1 aromatic rings. The lowest BCUT2D eigenvalue weighted by atomic mass is 10.2. The van der Waals surface area contributed by atoms with Crippen LogP contribution in [-0.4, -0.2) is 24.9 Å². The second-order valence-corrected chi connectivity index (χ2v) is 3.47. The fourth-order valence-electron chi connectivity index (χ4n) is 1.11. The molecule has 5 N–H and O–H groups in total. The number of nitrogens with one attached hydrogen (secondary N) is 1. The molecule has 0 radical (unpaired) electrons. The molecule has 0 aliphatic heterocycles. The zero-order chi connectivity index (χ0) is 13.1. The third-order valence-corrected chi connectivity index (χ3v) is 2.09. The molecule has 0 spiro atoms. The Kier molecular flexibility index (Phi) is 3.95. The Hall–Kier alpha value is -1.76. The average molecular weight is 247 g/mol. The van der Waals surface area contributed by atoms with Crippen molar-refractivity contribution in [1.29, 1.82) is 0 Å². The van der Waals surface area contributed by atoms with Crippen LogP contribution in [0, 0.1) is 5.82 Å². The average Bonchev–Trinajstić information content (AvgIpc) is 2.27. The van der Waals surface area contributed by atoms with E-state index >= 15 is 0 Å². The molecular formula is C10H12F3N3O. The van der Waals surface area contributed by atoms with Gasteiger partial charge in [0.2, 0.25) is 5.91 Å². The fraction of sp³-hybridized carbons (Fsp3) is 0.300. The van der Waals surface area contributed by atoms with E-state index in [1.54, 1.807) is 0 Å². The van der Waals surface area contributed by atoms with Crippen molar-refractivity contribution >= 4 is 11.6 Å². The summed E-state index contributed by atoms with van der Waals surface area (Å²) in [4.78, 5) is 10.7. The minimum atomic E-state index is -3.12. The third kappa shape index (κ3) is 3.63. The molecular weight excluding hydrogens is 235 g/mol. The molecule has 0 aromatic heterocycles. The number of carbonyl (C=O) groups excluding carboxylic acids is 1. The summed E-state index contributed by atoms with van der Waals surface area (Å²) in [5.41, 5.74) is 9.60. The van der Waals surface area contributed by atoms with E-state index in [0.717, 1.165) is 6.07 Å². The molecule has 0 heterocycles. The summed E-state index contributed by atoms with van der Waals surface area (Å²) in [6.07, 6.45) is 0. The van der Waals surface area contributed by atoms with Gasteiger partial charge in [-0.2, -0.15) is 0 Å². The van der Waals surface area contributed by atoms with Gasteiger partial charge in [-0.05, 0) is 18.2 Å². The smallest absolute Gasteiger partial charge is 0.276 e. The molecule has 0 atom stereocenters. The summed E-state index contributed by atoms with van der Waals surface area (Å²) >= 11 is 0. The van der Waals surface area contributed by atoms with Crippen molar-refractivity contribution in [1.82, 2.24) is 0 Å². The predicted octanol–water partition coefficient (Wildman–Crippen LogP) is 0.930. The monoisotopic (exact) mass is 247 g/mol. The molecule has 1 amide bonds. The molecule has 0 aliphatic rings. The van der Waals surface area contributed by atoms with E-state index in [0.29, 0.717) is 0 Å². The molecule has 1 aromatic carbocycles. The number of nitrogens with two attached hydrogens (primary N) is 2. The Balaban J connectivity index is 2.77. The number of amides is 1. The van der Waals surface area contributed by atoms with Gasteiger partial charge in [0.1, 0.15) is 5.82 Å². The number of alkyl halides is 2. The summed E-state index contributed by atoms with van der Waals surface area (Å²) in [7, 11) is 0. The van der Waals surface area contributed by atoms with Crippen LogP contribution in [0.4, 0.5) is 18.9 Å². The van der Waals surface area contributed by atoms with Gasteiger partial charge in [0.15, 0.2) is 0 Å². The van der Waals surface area contributed by atoms with Crippen molar-refractivity contribution in [2.75, 3.05) is 18.4 Å². The second kappa shape index (κ2) is 5.05. The van der Waals surface area contributed by atoms with Crippen molar-refractivity contribution in [3.05, 3.63) is 29.6 Å². The lowest BCUT2D eigenvalue weighted by Crippen LogP contribution is -2.35. The van der Waals surface area contributed by atoms with Crippen molar-refractivity contribution in [3.63, 3.8) is 0 Å². The normalized spacial score (nSPS) is 11.3. The lowest BCUT2D eigenvalue weighted by Gasteiger charge is -2.15. The molecule has 0 bridgehead atoms. The van der Waals surface area contributed by atoms with E-state index in [-0.39, 0.29) is 11.3 Å². The van der Waals surface area contributed by atoms with E-state index in [1.165, 1.54) is 12.1 Å². The van der Waals surface area contributed by atoms with Crippen molar-refractivity contribution in [2.24, 2.45) is 11.5 Å². The highest BCUT2D eigenvalue weighted by atomic mass is 19.3. The maximum Gasteiger partial charge on any atom is 0.276 e. The number of carbonyl (C=O) groups is 1. The van der Waals surface area contributed by atoms with Crippen LogP contribution >= 0.6 is 0 Å². The first-order valence-corrected chi connectivity index (χ1v) is 4.77. The Morgan fingerprint density at radius 3 is 2.53 bits per heavy atom. The third-order valence-electron chi connectivity index (χ3n) is 2.09. The van der Waals surface area contributed by atoms with Gasteiger partial charge in [-0.1, -0.05) is 0 Å². The van der Waals surface area contributed by atoms with Crippen LogP contribution in [-0.2, 0) is 0 Å². The Labute approximate surface area is 95.8 Å². The first-order chi connectivity index (χ1) is 7.85. The highest BCUT2D eigenvalue weighted by Gasteiger charge is 2.26. The van der Waals surface area contributed by atoms with Gasteiger partial charge in [0.25, 0.3) is 5.92 Å². The SMILES string of the molecule is NCC(F)(F)CNc1ccc(C(N)=O)cc1F. The van der Waals surface area contributed by atoms with E-state index in [2.05, 4.69) is 5.32 Å². The molecule has 0 fully saturated rings. The summed E-state index contributed by atoms with van der Waals surface area (Å²) in [5, 5.41) is 2.21. The van der Waals surface area contributed by atoms with Gasteiger partial charge in [0, 0.05) is 5.56 Å². The number of rotatable bonds is 5. The molecule has 17 heavy (non-hydrogen) atoms. The second-order valence-electron chi connectivity index (χ2n) is 3.47. The molecule has 0 unspecified atom stereocenters. The predicted molar refractivity (Wildman–Crippen MR) is 57.4 cm³/mol. The zero-order valence-corrected chi connectivity index (χ0v) is 8.84. The van der Waals surface area contributed by atoms with Crippen molar-refractivity contribution in [2.45, 2.75) is 5.92 Å². The van der Waals surface area contributed by atoms with E-state index < -0.39 is 30.7 Å². The van der Waals surface area contributed by atoms with Crippen LogP contribution in [0.15, 0.2) is 18.2 Å². The van der Waals surface area contributed by atoms with E-state index in [4.69, 9.17) is 11.5 Å².